The maximum absolute atomic E-state index is 13.2. The Bertz CT molecular complexity index is 715. The highest BCUT2D eigenvalue weighted by atomic mass is 19.1. The summed E-state index contributed by atoms with van der Waals surface area (Å²) in [7, 11) is 0. The zero-order chi connectivity index (χ0) is 15.2. The second-order valence-corrected chi connectivity index (χ2v) is 4.29. The van der Waals surface area contributed by atoms with Crippen LogP contribution >= 0.6 is 0 Å². The average molecular weight is 284 g/mol. The van der Waals surface area contributed by atoms with E-state index >= 15 is 0 Å². The van der Waals surface area contributed by atoms with Gasteiger partial charge >= 0.3 is 0 Å². The lowest BCUT2D eigenvalue weighted by Gasteiger charge is -2.07. The van der Waals surface area contributed by atoms with Crippen molar-refractivity contribution >= 4 is 11.6 Å². The third-order valence-corrected chi connectivity index (χ3v) is 2.70. The van der Waals surface area contributed by atoms with Gasteiger partial charge in [0, 0.05) is 11.3 Å². The molecule has 1 amide bonds. The van der Waals surface area contributed by atoms with E-state index in [0.717, 1.165) is 11.8 Å². The number of rotatable bonds is 2. The number of nitrogens with zero attached hydrogens (tertiary/aromatic N) is 1. The molecule has 0 aliphatic carbocycles. The number of hydrogen-bond donors (Lipinski definition) is 2. The zero-order valence-electron chi connectivity index (χ0n) is 11.4. The van der Waals surface area contributed by atoms with E-state index in [2.05, 4.69) is 22.1 Å². The van der Waals surface area contributed by atoms with Crippen molar-refractivity contribution in [2.24, 2.45) is 0 Å². The fraction of sp³-hybridized carbons (Fsp3) is 0.125. The molecule has 0 saturated carbocycles. The first-order valence-electron chi connectivity index (χ1n) is 6.23. The molecule has 0 radical (unpaired) electrons. The Morgan fingerprint density at radius 1 is 1.38 bits per heavy atom. The summed E-state index contributed by atoms with van der Waals surface area (Å²) in [5.41, 5.74) is 1.83. The van der Waals surface area contributed by atoms with Gasteiger partial charge in [0.2, 0.25) is 0 Å². The van der Waals surface area contributed by atoms with Crippen LogP contribution in [0.3, 0.4) is 0 Å². The molecule has 0 unspecified atom stereocenters. The van der Waals surface area contributed by atoms with Gasteiger partial charge < -0.3 is 10.4 Å². The number of anilines is 1. The maximum atomic E-state index is 13.2. The van der Waals surface area contributed by atoms with Crippen molar-refractivity contribution in [3.8, 4) is 11.8 Å². The van der Waals surface area contributed by atoms with E-state index in [9.17, 15) is 9.18 Å². The van der Waals surface area contributed by atoms with E-state index in [-0.39, 0.29) is 17.7 Å². The van der Waals surface area contributed by atoms with Crippen LogP contribution in [0.1, 0.15) is 21.6 Å². The van der Waals surface area contributed by atoms with Crippen LogP contribution in [0.2, 0.25) is 0 Å². The first-order chi connectivity index (χ1) is 10.1. The number of aliphatic hydroxyl groups excluding tert-OH is 1. The van der Waals surface area contributed by atoms with E-state index in [1.165, 1.54) is 18.3 Å². The molecule has 0 fully saturated rings. The van der Waals surface area contributed by atoms with Gasteiger partial charge in [-0.05, 0) is 37.3 Å². The van der Waals surface area contributed by atoms with Crippen molar-refractivity contribution in [1.29, 1.82) is 0 Å². The molecule has 0 atom stereocenters. The number of hydrogen-bond acceptors (Lipinski definition) is 3. The van der Waals surface area contributed by atoms with E-state index in [0.29, 0.717) is 5.69 Å². The van der Waals surface area contributed by atoms with E-state index in [1.807, 2.05) is 6.92 Å². The lowest BCUT2D eigenvalue weighted by atomic mass is 10.1. The van der Waals surface area contributed by atoms with Gasteiger partial charge in [-0.1, -0.05) is 11.8 Å². The number of carbonyl (C=O) groups excluding carboxylic acids is 1. The molecule has 0 bridgehead atoms. The second-order valence-electron chi connectivity index (χ2n) is 4.29. The highest BCUT2D eigenvalue weighted by Gasteiger charge is 2.11. The molecule has 4 nitrogen and oxygen atoms in total. The molecule has 0 spiro atoms. The van der Waals surface area contributed by atoms with Gasteiger partial charge in [-0.3, -0.25) is 9.78 Å². The van der Waals surface area contributed by atoms with Crippen LogP contribution in [-0.2, 0) is 0 Å². The summed E-state index contributed by atoms with van der Waals surface area (Å²) >= 11 is 0. The van der Waals surface area contributed by atoms with Gasteiger partial charge in [-0.25, -0.2) is 4.39 Å². The predicted octanol–water partition coefficient (Wildman–Crippen LogP) is 2.13. The minimum Gasteiger partial charge on any atom is -0.384 e. The fourth-order valence-electron chi connectivity index (χ4n) is 1.69. The number of aryl methyl sites for hydroxylation is 1. The van der Waals surface area contributed by atoms with Gasteiger partial charge in [0.05, 0.1) is 17.4 Å². The molecule has 2 N–H and O–H groups in total. The Morgan fingerprint density at radius 2 is 2.19 bits per heavy atom. The highest BCUT2D eigenvalue weighted by molar-refractivity contribution is 6.05. The Kier molecular flexibility index (Phi) is 4.64. The van der Waals surface area contributed by atoms with Crippen molar-refractivity contribution in [1.82, 2.24) is 4.98 Å². The number of aromatic nitrogens is 1. The van der Waals surface area contributed by atoms with Crippen molar-refractivity contribution < 1.29 is 14.3 Å². The van der Waals surface area contributed by atoms with Crippen molar-refractivity contribution in [3.63, 3.8) is 0 Å². The van der Waals surface area contributed by atoms with Crippen LogP contribution in [0.5, 0.6) is 0 Å². The van der Waals surface area contributed by atoms with Gasteiger partial charge in [-0.2, -0.15) is 0 Å². The largest absolute Gasteiger partial charge is 0.384 e. The molecule has 21 heavy (non-hydrogen) atoms. The van der Waals surface area contributed by atoms with Crippen LogP contribution in [0.15, 0.2) is 36.5 Å². The van der Waals surface area contributed by atoms with Crippen molar-refractivity contribution in [2.75, 3.05) is 11.9 Å². The standard InChI is InChI=1S/C16H13FN2O2/c1-11-4-6-14(10-18-11)19-16(21)15-7-5-13(17)9-12(15)3-2-8-20/h4-7,9-10,20H,8H2,1H3,(H,19,21). The van der Waals surface area contributed by atoms with Gasteiger partial charge in [-0.15, -0.1) is 0 Å². The molecule has 2 aromatic rings. The van der Waals surface area contributed by atoms with Crippen LogP contribution in [-0.4, -0.2) is 22.6 Å². The Labute approximate surface area is 121 Å². The predicted molar refractivity (Wildman–Crippen MR) is 77.3 cm³/mol. The number of nitrogens with one attached hydrogen (secondary N) is 1. The average Bonchev–Trinajstić information content (AvgIpc) is 2.47. The third-order valence-electron chi connectivity index (χ3n) is 2.70. The van der Waals surface area contributed by atoms with Gasteiger partial charge in [0.15, 0.2) is 0 Å². The lowest BCUT2D eigenvalue weighted by Crippen LogP contribution is -2.14. The summed E-state index contributed by atoms with van der Waals surface area (Å²) in [4.78, 5) is 16.3. The zero-order valence-corrected chi connectivity index (χ0v) is 11.4. The number of pyridine rings is 1. The Hall–Kier alpha value is -2.71. The van der Waals surface area contributed by atoms with Gasteiger partial charge in [0.1, 0.15) is 12.4 Å². The molecule has 0 saturated heterocycles. The molecular formula is C16H13FN2O2. The molecule has 1 aromatic heterocycles. The Morgan fingerprint density at radius 3 is 2.86 bits per heavy atom. The van der Waals surface area contributed by atoms with E-state index < -0.39 is 11.7 Å². The maximum Gasteiger partial charge on any atom is 0.256 e. The van der Waals surface area contributed by atoms with E-state index in [4.69, 9.17) is 5.11 Å². The number of aliphatic hydroxyl groups is 1. The van der Waals surface area contributed by atoms with Crippen molar-refractivity contribution in [3.05, 3.63) is 59.2 Å². The molecular weight excluding hydrogens is 271 g/mol. The molecule has 0 aliphatic heterocycles. The minimum absolute atomic E-state index is 0.224. The number of amides is 1. The van der Waals surface area contributed by atoms with Gasteiger partial charge in [0.25, 0.3) is 5.91 Å². The molecule has 1 aromatic carbocycles. The normalized spacial score (nSPS) is 9.67. The summed E-state index contributed by atoms with van der Waals surface area (Å²) in [6.45, 7) is 1.48. The van der Waals surface area contributed by atoms with Crippen molar-refractivity contribution in [2.45, 2.75) is 6.92 Å². The number of carbonyl (C=O) groups is 1. The second kappa shape index (κ2) is 6.64. The smallest absolute Gasteiger partial charge is 0.256 e. The third kappa shape index (κ3) is 3.88. The molecule has 1 heterocycles. The quantitative estimate of drug-likeness (QED) is 0.830. The molecule has 5 heteroatoms. The summed E-state index contributed by atoms with van der Waals surface area (Å²) in [6, 6.07) is 7.20. The summed E-state index contributed by atoms with van der Waals surface area (Å²) in [5, 5.41) is 11.4. The van der Waals surface area contributed by atoms with E-state index in [1.54, 1.807) is 12.1 Å². The van der Waals surface area contributed by atoms with Crippen LogP contribution in [0.4, 0.5) is 10.1 Å². The summed E-state index contributed by atoms with van der Waals surface area (Å²) in [6.07, 6.45) is 1.54. The summed E-state index contributed by atoms with van der Waals surface area (Å²) < 4.78 is 13.2. The lowest BCUT2D eigenvalue weighted by molar-refractivity contribution is 0.102. The summed E-state index contributed by atoms with van der Waals surface area (Å²) in [5.74, 6) is 4.06. The Balaban J connectivity index is 2.28. The minimum atomic E-state index is -0.495. The molecule has 2 rings (SSSR count). The topological polar surface area (TPSA) is 62.2 Å². The first kappa shape index (κ1) is 14.7. The SMILES string of the molecule is Cc1ccc(NC(=O)c2ccc(F)cc2C#CCO)cn1. The van der Waals surface area contributed by atoms with Crippen LogP contribution in [0, 0.1) is 24.6 Å². The number of halogens is 1. The van der Waals surface area contributed by atoms with Crippen LogP contribution < -0.4 is 5.32 Å². The van der Waals surface area contributed by atoms with Crippen LogP contribution in [0.25, 0.3) is 0 Å². The highest BCUT2D eigenvalue weighted by Crippen LogP contribution is 2.14. The fourth-order valence-corrected chi connectivity index (χ4v) is 1.69. The molecule has 106 valence electrons. The first-order valence-corrected chi connectivity index (χ1v) is 6.23. The monoisotopic (exact) mass is 284 g/mol. The molecule has 0 aliphatic rings. The number of benzene rings is 1.